The van der Waals surface area contributed by atoms with Gasteiger partial charge in [-0.05, 0) is 99.0 Å². The van der Waals surface area contributed by atoms with E-state index < -0.39 is 0 Å². The summed E-state index contributed by atoms with van der Waals surface area (Å²) >= 11 is 0. The number of pyridine rings is 1. The molecule has 0 radical (unpaired) electrons. The van der Waals surface area contributed by atoms with E-state index in [1.54, 1.807) is 11.8 Å². The van der Waals surface area contributed by atoms with Crippen molar-refractivity contribution in [1.82, 2.24) is 4.98 Å². The number of aliphatic hydroxyl groups is 1. The van der Waals surface area contributed by atoms with Crippen molar-refractivity contribution >= 4 is 11.5 Å². The summed E-state index contributed by atoms with van der Waals surface area (Å²) in [6.07, 6.45) is 13.7. The second kappa shape index (κ2) is 7.47. The van der Waals surface area contributed by atoms with Crippen LogP contribution in [0.5, 0.6) is 0 Å². The highest BCUT2D eigenvalue weighted by Crippen LogP contribution is 2.66. The van der Waals surface area contributed by atoms with Gasteiger partial charge in [0.15, 0.2) is 0 Å². The molecule has 2 N–H and O–H groups in total. The third kappa shape index (κ3) is 3.14. The van der Waals surface area contributed by atoms with Gasteiger partial charge in [0.25, 0.3) is 0 Å². The number of allylic oxidation sites excluding steroid dienone is 1. The Morgan fingerprint density at radius 2 is 1.97 bits per heavy atom. The van der Waals surface area contributed by atoms with Crippen LogP contribution >= 0.6 is 0 Å². The number of aliphatic hydroxyl groups excluding tert-OH is 1. The normalized spacial score (nSPS) is 43.3. The van der Waals surface area contributed by atoms with E-state index in [1.807, 2.05) is 18.2 Å². The highest BCUT2D eigenvalue weighted by atomic mass is 16.3. The van der Waals surface area contributed by atoms with Gasteiger partial charge in [0.2, 0.25) is 0 Å². The van der Waals surface area contributed by atoms with E-state index in [9.17, 15) is 5.11 Å². The van der Waals surface area contributed by atoms with Crippen molar-refractivity contribution in [3.8, 4) is 0 Å². The summed E-state index contributed by atoms with van der Waals surface area (Å²) in [5.41, 5.74) is 6.69. The molecule has 4 aliphatic rings. The van der Waals surface area contributed by atoms with Crippen LogP contribution in [0.4, 0.5) is 5.82 Å². The Hall–Kier alpha value is -1.68. The highest BCUT2D eigenvalue weighted by Gasteiger charge is 2.59. The number of aromatic nitrogens is 1. The fraction of sp³-hybridized carbons (Fsp3) is 0.692. The lowest BCUT2D eigenvalue weighted by Crippen LogP contribution is -2.51. The van der Waals surface area contributed by atoms with Gasteiger partial charge in [-0.15, -0.1) is 0 Å². The molecule has 3 fully saturated rings. The minimum Gasteiger partial charge on any atom is -0.389 e. The van der Waals surface area contributed by atoms with E-state index in [-0.39, 0.29) is 6.10 Å². The summed E-state index contributed by atoms with van der Waals surface area (Å²) in [6.45, 7) is 7.29. The summed E-state index contributed by atoms with van der Waals surface area (Å²) in [5, 5.41) is 15.0. The zero-order valence-corrected chi connectivity index (χ0v) is 18.8. The lowest BCUT2D eigenvalue weighted by Gasteiger charge is -2.58. The molecule has 1 aromatic heterocycles. The van der Waals surface area contributed by atoms with Crippen LogP contribution in [0, 0.1) is 34.5 Å². The summed E-state index contributed by atoms with van der Waals surface area (Å²) < 4.78 is 0. The first-order chi connectivity index (χ1) is 14.4. The van der Waals surface area contributed by atoms with Crippen LogP contribution < -0.4 is 5.43 Å². The second-order valence-corrected chi connectivity index (χ2v) is 10.9. The Balaban J connectivity index is 1.36. The van der Waals surface area contributed by atoms with E-state index in [2.05, 4.69) is 37.3 Å². The quantitative estimate of drug-likeness (QED) is 0.378. The smallest absolute Gasteiger partial charge is 0.146 e. The van der Waals surface area contributed by atoms with Gasteiger partial charge in [-0.25, -0.2) is 4.98 Å². The molecule has 0 unspecified atom stereocenters. The van der Waals surface area contributed by atoms with Gasteiger partial charge in [-0.3, -0.25) is 5.43 Å². The molecule has 4 nitrogen and oxygen atoms in total. The van der Waals surface area contributed by atoms with Gasteiger partial charge in [-0.2, -0.15) is 5.10 Å². The third-order valence-corrected chi connectivity index (χ3v) is 9.61. The SMILES string of the molecule is C/C(=N\Nc1ccccn1)[C@H]1CC[C@H]2[C@@H]3CCC4=C[C@@H](O)CC[C@]4(C)[C@H]3CC[C@]12C. The van der Waals surface area contributed by atoms with Crippen LogP contribution in [0.1, 0.15) is 72.1 Å². The van der Waals surface area contributed by atoms with Gasteiger partial charge in [0.1, 0.15) is 5.82 Å². The molecule has 7 atom stereocenters. The fourth-order valence-corrected chi connectivity index (χ4v) is 8.05. The molecule has 30 heavy (non-hydrogen) atoms. The maximum absolute atomic E-state index is 10.2. The predicted molar refractivity (Wildman–Crippen MR) is 122 cm³/mol. The molecule has 0 amide bonds. The van der Waals surface area contributed by atoms with Crippen LogP contribution in [0.25, 0.3) is 0 Å². The monoisotopic (exact) mass is 407 g/mol. The van der Waals surface area contributed by atoms with Gasteiger partial charge in [-0.1, -0.05) is 31.6 Å². The molecule has 0 saturated heterocycles. The van der Waals surface area contributed by atoms with Crippen molar-refractivity contribution in [3.05, 3.63) is 36.0 Å². The minimum absolute atomic E-state index is 0.209. The van der Waals surface area contributed by atoms with Crippen molar-refractivity contribution in [2.45, 2.75) is 78.2 Å². The molecule has 1 heterocycles. The molecule has 3 saturated carbocycles. The molecular formula is C26H37N3O. The zero-order valence-electron chi connectivity index (χ0n) is 18.8. The Bertz CT molecular complexity index is 849. The first-order valence-corrected chi connectivity index (χ1v) is 12.0. The topological polar surface area (TPSA) is 57.5 Å². The van der Waals surface area contributed by atoms with Crippen molar-refractivity contribution in [3.63, 3.8) is 0 Å². The standard InChI is InChI=1S/C26H37N3O/c1-17(28-29-24-6-4-5-15-27-24)21-9-10-22-20-8-7-18-16-19(30)11-13-25(18,2)23(20)12-14-26(21,22)3/h4-6,15-16,19-23,30H,7-14H2,1-3H3,(H,27,29)/b28-17+/t19-,20-,21+,22-,23-,25-,26+/m0/s1. The van der Waals surface area contributed by atoms with Crippen molar-refractivity contribution in [2.75, 3.05) is 5.43 Å². The highest BCUT2D eigenvalue weighted by molar-refractivity contribution is 5.86. The average Bonchev–Trinajstić information content (AvgIpc) is 3.10. The van der Waals surface area contributed by atoms with Crippen LogP contribution in [-0.4, -0.2) is 21.9 Å². The van der Waals surface area contributed by atoms with Crippen molar-refractivity contribution in [2.24, 2.45) is 39.6 Å². The number of hydrazone groups is 1. The minimum atomic E-state index is -0.209. The maximum Gasteiger partial charge on any atom is 0.146 e. The zero-order chi connectivity index (χ0) is 20.9. The lowest BCUT2D eigenvalue weighted by molar-refractivity contribution is -0.0476. The van der Waals surface area contributed by atoms with E-state index >= 15 is 0 Å². The molecule has 4 heteroatoms. The van der Waals surface area contributed by atoms with Gasteiger partial charge in [0, 0.05) is 17.8 Å². The van der Waals surface area contributed by atoms with Crippen molar-refractivity contribution < 1.29 is 5.11 Å². The van der Waals surface area contributed by atoms with E-state index in [1.165, 1.54) is 50.7 Å². The maximum atomic E-state index is 10.2. The first kappa shape index (κ1) is 20.2. The van der Waals surface area contributed by atoms with Crippen LogP contribution in [0.2, 0.25) is 0 Å². The van der Waals surface area contributed by atoms with Crippen molar-refractivity contribution in [1.29, 1.82) is 0 Å². The Labute approximate surface area is 181 Å². The summed E-state index contributed by atoms with van der Waals surface area (Å²) in [5.74, 6) is 3.83. The summed E-state index contributed by atoms with van der Waals surface area (Å²) in [4.78, 5) is 4.34. The Morgan fingerprint density at radius 3 is 2.77 bits per heavy atom. The molecule has 0 bridgehead atoms. The summed E-state index contributed by atoms with van der Waals surface area (Å²) in [7, 11) is 0. The molecule has 5 rings (SSSR count). The summed E-state index contributed by atoms with van der Waals surface area (Å²) in [6, 6.07) is 5.89. The van der Waals surface area contributed by atoms with Gasteiger partial charge >= 0.3 is 0 Å². The van der Waals surface area contributed by atoms with Crippen LogP contribution in [-0.2, 0) is 0 Å². The van der Waals surface area contributed by atoms with E-state index in [4.69, 9.17) is 5.10 Å². The van der Waals surface area contributed by atoms with Gasteiger partial charge < -0.3 is 5.11 Å². The lowest BCUT2D eigenvalue weighted by atomic mass is 9.46. The Kier molecular flexibility index (Phi) is 5.04. The predicted octanol–water partition coefficient (Wildman–Crippen LogP) is 5.81. The average molecular weight is 408 g/mol. The van der Waals surface area contributed by atoms with Crippen LogP contribution in [0.3, 0.4) is 0 Å². The second-order valence-electron chi connectivity index (χ2n) is 10.9. The van der Waals surface area contributed by atoms with Crippen LogP contribution in [0.15, 0.2) is 41.1 Å². The largest absolute Gasteiger partial charge is 0.389 e. The molecular weight excluding hydrogens is 370 g/mol. The number of hydrogen-bond acceptors (Lipinski definition) is 4. The molecule has 0 spiro atoms. The number of rotatable bonds is 3. The fourth-order valence-electron chi connectivity index (χ4n) is 8.05. The number of fused-ring (bicyclic) bond motifs is 5. The first-order valence-electron chi connectivity index (χ1n) is 12.0. The van der Waals surface area contributed by atoms with Gasteiger partial charge in [0.05, 0.1) is 6.10 Å². The molecule has 4 aliphatic carbocycles. The number of nitrogens with zero attached hydrogens (tertiary/aromatic N) is 2. The number of hydrogen-bond donors (Lipinski definition) is 2. The molecule has 0 aliphatic heterocycles. The van der Waals surface area contributed by atoms with E-state index in [0.29, 0.717) is 16.7 Å². The molecule has 162 valence electrons. The Morgan fingerprint density at radius 1 is 1.10 bits per heavy atom. The number of anilines is 1. The molecule has 0 aromatic carbocycles. The molecule has 1 aromatic rings. The van der Waals surface area contributed by atoms with E-state index in [0.717, 1.165) is 30.0 Å². The number of nitrogens with one attached hydrogen (secondary N) is 1. The third-order valence-electron chi connectivity index (χ3n) is 9.61.